The summed E-state index contributed by atoms with van der Waals surface area (Å²) in [6, 6.07) is 9.48. The smallest absolute Gasteiger partial charge is 0.334 e. The van der Waals surface area contributed by atoms with Gasteiger partial charge in [-0.2, -0.15) is 5.10 Å². The number of aliphatic hydroxyl groups excluding tert-OH is 1. The Balaban J connectivity index is 1.15. The maximum Gasteiger partial charge on any atom is 0.334 e. The van der Waals surface area contributed by atoms with Crippen molar-refractivity contribution in [2.75, 3.05) is 13.1 Å². The van der Waals surface area contributed by atoms with Gasteiger partial charge in [-0.25, -0.2) is 14.2 Å². The van der Waals surface area contributed by atoms with Crippen molar-refractivity contribution in [3.63, 3.8) is 0 Å². The number of benzene rings is 2. The van der Waals surface area contributed by atoms with Crippen LogP contribution in [-0.4, -0.2) is 71.8 Å². The summed E-state index contributed by atoms with van der Waals surface area (Å²) in [6.07, 6.45) is 5.96. The number of piperidine rings is 1. The van der Waals surface area contributed by atoms with E-state index >= 15 is 0 Å². The van der Waals surface area contributed by atoms with Crippen LogP contribution < -0.4 is 0 Å². The summed E-state index contributed by atoms with van der Waals surface area (Å²) in [4.78, 5) is 19.2. The minimum absolute atomic E-state index is 0.116. The number of carbonyl (C=O) groups is 1. The second-order valence-corrected chi connectivity index (χ2v) is 12.4. The first-order valence-corrected chi connectivity index (χ1v) is 14.8. The first kappa shape index (κ1) is 26.9. The molecule has 0 bridgehead atoms. The van der Waals surface area contributed by atoms with Gasteiger partial charge in [0, 0.05) is 35.3 Å². The number of alkyl halides is 1. The minimum atomic E-state index is -1.24. The highest BCUT2D eigenvalue weighted by molar-refractivity contribution is 6.42. The molecule has 2 N–H and O–H groups in total. The molecule has 0 spiro atoms. The van der Waals surface area contributed by atoms with Crippen LogP contribution in [-0.2, 0) is 17.8 Å². The number of likely N-dealkylation sites (tertiary alicyclic amines) is 1. The number of aliphatic hydroxyl groups is 1. The number of hydrogen-bond acceptors (Lipinski definition) is 5. The fourth-order valence-electron chi connectivity index (χ4n) is 6.73. The second-order valence-electron chi connectivity index (χ2n) is 11.6. The lowest BCUT2D eigenvalue weighted by molar-refractivity contribution is -0.139. The van der Waals surface area contributed by atoms with Crippen molar-refractivity contribution in [1.82, 2.24) is 24.2 Å². The summed E-state index contributed by atoms with van der Waals surface area (Å²) in [5.74, 6) is -0.659. The molecule has 2 aliphatic heterocycles. The van der Waals surface area contributed by atoms with Crippen LogP contribution >= 0.6 is 23.2 Å². The Morgan fingerprint density at radius 1 is 1.12 bits per heavy atom. The molecule has 0 radical (unpaired) electrons. The van der Waals surface area contributed by atoms with Crippen molar-refractivity contribution >= 4 is 40.1 Å². The zero-order valence-corrected chi connectivity index (χ0v) is 23.8. The van der Waals surface area contributed by atoms with E-state index in [0.29, 0.717) is 44.2 Å². The normalized spacial score (nSPS) is 24.0. The molecule has 1 aliphatic carbocycles. The van der Waals surface area contributed by atoms with Crippen LogP contribution in [0.25, 0.3) is 22.0 Å². The van der Waals surface area contributed by atoms with E-state index in [0.717, 1.165) is 44.3 Å². The lowest BCUT2D eigenvalue weighted by Crippen LogP contribution is -2.49. The van der Waals surface area contributed by atoms with Crippen molar-refractivity contribution < 1.29 is 19.4 Å². The van der Waals surface area contributed by atoms with Crippen molar-refractivity contribution in [3.05, 3.63) is 69.9 Å². The molecule has 2 aromatic heterocycles. The Hall–Kier alpha value is -2.98. The molecule has 4 heterocycles. The van der Waals surface area contributed by atoms with Crippen molar-refractivity contribution in [2.45, 2.75) is 68.9 Å². The van der Waals surface area contributed by atoms with Gasteiger partial charge in [-0.3, -0.25) is 4.68 Å². The van der Waals surface area contributed by atoms with E-state index in [-0.39, 0.29) is 24.8 Å². The van der Waals surface area contributed by atoms with Gasteiger partial charge in [0.25, 0.3) is 0 Å². The molecule has 2 aromatic carbocycles. The number of carboxylic acid groups (broad SMARTS) is 1. The molecule has 2 atom stereocenters. The summed E-state index contributed by atoms with van der Waals surface area (Å²) < 4.78 is 17.0. The molecule has 2 unspecified atom stereocenters. The Kier molecular flexibility index (Phi) is 6.81. The van der Waals surface area contributed by atoms with Gasteiger partial charge in [0.15, 0.2) is 6.04 Å². The van der Waals surface area contributed by atoms with Gasteiger partial charge in [-0.1, -0.05) is 47.5 Å². The molecule has 7 rings (SSSR count). The van der Waals surface area contributed by atoms with Gasteiger partial charge >= 0.3 is 5.97 Å². The first-order valence-electron chi connectivity index (χ1n) is 14.1. The maximum absolute atomic E-state index is 14.0. The Bertz CT molecular complexity index is 1620. The van der Waals surface area contributed by atoms with E-state index in [4.69, 9.17) is 23.2 Å². The van der Waals surface area contributed by atoms with Crippen molar-refractivity contribution in [2.24, 2.45) is 0 Å². The molecule has 3 aliphatic rings. The predicted octanol–water partition coefficient (Wildman–Crippen LogP) is 5.48. The largest absolute Gasteiger partial charge is 0.479 e. The highest BCUT2D eigenvalue weighted by Gasteiger charge is 2.35. The zero-order valence-electron chi connectivity index (χ0n) is 22.3. The van der Waals surface area contributed by atoms with Crippen LogP contribution in [0, 0.1) is 0 Å². The molecule has 214 valence electrons. The zero-order chi connectivity index (χ0) is 28.4. The standard InChI is InChI=1S/C30H30Cl2FN5O3/c31-24-12-22(18-3-1-16(2-4-18)17-5-7-36(8-6-17)20-10-21(39)11-20)26(32)27-23(24)14-38(35-27)29(30(40)41)28-25-9-19(33)13-37(25)15-34-28/h1-4,12,14-15,17,19-21,29,39H,5-11,13H2,(H,40,41). The van der Waals surface area contributed by atoms with Crippen LogP contribution in [0.4, 0.5) is 4.39 Å². The van der Waals surface area contributed by atoms with E-state index in [1.54, 1.807) is 16.8 Å². The molecule has 0 amide bonds. The molecule has 4 aromatic rings. The fourth-order valence-corrected chi connectivity index (χ4v) is 7.28. The number of fused-ring (bicyclic) bond motifs is 2. The van der Waals surface area contributed by atoms with E-state index in [1.807, 2.05) is 12.1 Å². The monoisotopic (exact) mass is 597 g/mol. The Morgan fingerprint density at radius 3 is 2.54 bits per heavy atom. The molecule has 11 heteroatoms. The number of hydrogen-bond donors (Lipinski definition) is 2. The molecule has 41 heavy (non-hydrogen) atoms. The summed E-state index contributed by atoms with van der Waals surface area (Å²) in [5, 5.41) is 25.6. The molecular weight excluding hydrogens is 568 g/mol. The van der Waals surface area contributed by atoms with E-state index in [2.05, 4.69) is 27.1 Å². The van der Waals surface area contributed by atoms with Crippen molar-refractivity contribution in [1.29, 1.82) is 0 Å². The van der Waals surface area contributed by atoms with E-state index in [1.165, 1.54) is 16.6 Å². The van der Waals surface area contributed by atoms with Crippen LogP contribution in [0.1, 0.15) is 54.6 Å². The van der Waals surface area contributed by atoms with Crippen molar-refractivity contribution in [3.8, 4) is 11.1 Å². The summed E-state index contributed by atoms with van der Waals surface area (Å²) in [7, 11) is 0. The molecular formula is C30H30Cl2FN5O3. The number of halogens is 3. The van der Waals surface area contributed by atoms with Gasteiger partial charge < -0.3 is 19.7 Å². The van der Waals surface area contributed by atoms with Gasteiger partial charge in [0.2, 0.25) is 0 Å². The molecule has 2 fully saturated rings. The molecule has 1 saturated heterocycles. The highest BCUT2D eigenvalue weighted by atomic mass is 35.5. The maximum atomic E-state index is 14.0. The van der Waals surface area contributed by atoms with E-state index < -0.39 is 18.2 Å². The average molecular weight is 599 g/mol. The number of aromatic nitrogens is 4. The Labute approximate surface area is 246 Å². The topological polar surface area (TPSA) is 96.4 Å². The number of carboxylic acids is 1. The lowest BCUT2D eigenvalue weighted by atomic mass is 9.83. The summed E-state index contributed by atoms with van der Waals surface area (Å²) >= 11 is 13.6. The van der Waals surface area contributed by atoms with E-state index in [9.17, 15) is 19.4 Å². The molecule has 8 nitrogen and oxygen atoms in total. The fraction of sp³-hybridized carbons (Fsp3) is 0.433. The highest BCUT2D eigenvalue weighted by Crippen LogP contribution is 2.40. The number of imidazole rings is 1. The van der Waals surface area contributed by atoms with Crippen LogP contribution in [0.3, 0.4) is 0 Å². The quantitative estimate of drug-likeness (QED) is 0.305. The third-order valence-corrected chi connectivity index (χ3v) is 9.77. The van der Waals surface area contributed by atoms with Crippen LogP contribution in [0.5, 0.6) is 0 Å². The predicted molar refractivity (Wildman–Crippen MR) is 154 cm³/mol. The Morgan fingerprint density at radius 2 is 1.85 bits per heavy atom. The minimum Gasteiger partial charge on any atom is -0.479 e. The number of rotatable bonds is 6. The lowest BCUT2D eigenvalue weighted by Gasteiger charge is -2.44. The number of aliphatic carboxylic acids is 1. The van der Waals surface area contributed by atoms with Gasteiger partial charge in [-0.15, -0.1) is 0 Å². The molecule has 1 saturated carbocycles. The SMILES string of the molecule is O=C(O)C(c1ncn2c1CC(F)C2)n1cc2c(Cl)cc(-c3ccc(C4CCN(C5CC(O)C5)CC4)cc3)c(Cl)c2n1. The average Bonchev–Trinajstić information content (AvgIpc) is 3.65. The third-order valence-electron chi connectivity index (χ3n) is 9.08. The van der Waals surface area contributed by atoms with Gasteiger partial charge in [0.1, 0.15) is 11.7 Å². The van der Waals surface area contributed by atoms with Crippen LogP contribution in [0.15, 0.2) is 42.9 Å². The summed E-state index contributed by atoms with van der Waals surface area (Å²) in [6.45, 7) is 2.27. The summed E-state index contributed by atoms with van der Waals surface area (Å²) in [5.41, 5.74) is 4.14. The second kappa shape index (κ2) is 10.4. The van der Waals surface area contributed by atoms with Crippen LogP contribution in [0.2, 0.25) is 10.0 Å². The number of nitrogens with zero attached hydrogens (tertiary/aromatic N) is 5. The van der Waals surface area contributed by atoms with Gasteiger partial charge in [0.05, 0.1) is 34.7 Å². The third kappa shape index (κ3) is 4.73. The van der Waals surface area contributed by atoms with Gasteiger partial charge in [-0.05, 0) is 61.9 Å². The first-order chi connectivity index (χ1) is 19.8.